The van der Waals surface area contributed by atoms with E-state index in [1.165, 1.54) is 5.57 Å². The van der Waals surface area contributed by atoms with E-state index in [1.807, 2.05) is 19.1 Å². The molecule has 1 aliphatic carbocycles. The molecule has 1 heterocycles. The van der Waals surface area contributed by atoms with Gasteiger partial charge in [0.05, 0.1) is 0 Å². The van der Waals surface area contributed by atoms with E-state index in [0.717, 1.165) is 29.7 Å². The second kappa shape index (κ2) is 4.03. The third-order valence-corrected chi connectivity index (χ3v) is 4.61. The van der Waals surface area contributed by atoms with Crippen molar-refractivity contribution in [1.29, 1.82) is 0 Å². The van der Waals surface area contributed by atoms with Crippen LogP contribution in [0.5, 0.6) is 11.5 Å². The summed E-state index contributed by atoms with van der Waals surface area (Å²) in [6.45, 7) is 8.51. The first-order valence-corrected chi connectivity index (χ1v) is 7.08. The molecule has 2 atom stereocenters. The Labute approximate surface area is 115 Å². The number of rotatable bonds is 0. The molecule has 1 aromatic carbocycles. The monoisotopic (exact) mass is 258 g/mol. The van der Waals surface area contributed by atoms with Crippen molar-refractivity contribution in [2.45, 2.75) is 52.1 Å². The lowest BCUT2D eigenvalue weighted by Gasteiger charge is -2.46. The molecule has 0 aromatic heterocycles. The first-order chi connectivity index (χ1) is 8.88. The summed E-state index contributed by atoms with van der Waals surface area (Å²) in [6.07, 6.45) is 4.59. The highest BCUT2D eigenvalue weighted by atomic mass is 16.5. The average molecular weight is 258 g/mol. The smallest absolute Gasteiger partial charge is 0.127 e. The zero-order valence-corrected chi connectivity index (χ0v) is 12.2. The highest BCUT2D eigenvalue weighted by Crippen LogP contribution is 2.53. The van der Waals surface area contributed by atoms with Gasteiger partial charge in [-0.3, -0.25) is 0 Å². The molecule has 102 valence electrons. The Bertz CT molecular complexity index is 555. The van der Waals surface area contributed by atoms with Crippen molar-refractivity contribution in [2.24, 2.45) is 5.92 Å². The molecule has 19 heavy (non-hydrogen) atoms. The summed E-state index contributed by atoms with van der Waals surface area (Å²) in [5.74, 6) is 1.96. The lowest BCUT2D eigenvalue weighted by molar-refractivity contribution is 0.0107. The molecule has 1 N–H and O–H groups in total. The average Bonchev–Trinajstić information content (AvgIpc) is 2.25. The number of ether oxygens (including phenoxy) is 1. The maximum Gasteiger partial charge on any atom is 0.127 e. The predicted molar refractivity (Wildman–Crippen MR) is 76.8 cm³/mol. The molecule has 0 spiro atoms. The van der Waals surface area contributed by atoms with E-state index < -0.39 is 0 Å². The second-order valence-corrected chi connectivity index (χ2v) is 6.59. The van der Waals surface area contributed by atoms with E-state index in [0.29, 0.717) is 11.7 Å². The Morgan fingerprint density at radius 2 is 2.00 bits per heavy atom. The fraction of sp³-hybridized carbons (Fsp3) is 0.529. The fourth-order valence-corrected chi connectivity index (χ4v) is 3.66. The van der Waals surface area contributed by atoms with Crippen LogP contribution in [-0.4, -0.2) is 10.7 Å². The van der Waals surface area contributed by atoms with E-state index in [1.54, 1.807) is 0 Å². The second-order valence-electron chi connectivity index (χ2n) is 6.59. The molecule has 0 fully saturated rings. The van der Waals surface area contributed by atoms with Crippen molar-refractivity contribution in [3.05, 3.63) is 34.9 Å². The van der Waals surface area contributed by atoms with Crippen LogP contribution in [0, 0.1) is 12.8 Å². The van der Waals surface area contributed by atoms with Crippen molar-refractivity contribution >= 4 is 0 Å². The summed E-state index contributed by atoms with van der Waals surface area (Å²) in [4.78, 5) is 0. The van der Waals surface area contributed by atoms with Crippen LogP contribution in [0.15, 0.2) is 23.8 Å². The Hall–Kier alpha value is -1.44. The zero-order chi connectivity index (χ0) is 13.8. The van der Waals surface area contributed by atoms with Crippen LogP contribution in [-0.2, 0) is 0 Å². The summed E-state index contributed by atoms with van der Waals surface area (Å²) in [6, 6.07) is 3.89. The number of aryl methyl sites for hydroxylation is 1. The van der Waals surface area contributed by atoms with Gasteiger partial charge in [-0.15, -0.1) is 0 Å². The number of fused-ring (bicyclic) bond motifs is 3. The van der Waals surface area contributed by atoms with Crippen LogP contribution in [0.4, 0.5) is 0 Å². The summed E-state index contributed by atoms with van der Waals surface area (Å²) in [5, 5.41) is 10.3. The van der Waals surface area contributed by atoms with Gasteiger partial charge in [-0.1, -0.05) is 11.6 Å². The minimum absolute atomic E-state index is 0.172. The SMILES string of the molecule is CC1=C[C@@H]2c3c(O)cc(C)cc3OC(C)(C)[C@H]2CC1. The molecule has 3 rings (SSSR count). The quantitative estimate of drug-likeness (QED) is 0.703. The van der Waals surface area contributed by atoms with Gasteiger partial charge in [-0.25, -0.2) is 0 Å². The highest BCUT2D eigenvalue weighted by Gasteiger charge is 2.45. The molecule has 1 aromatic rings. The van der Waals surface area contributed by atoms with E-state index in [2.05, 4.69) is 26.8 Å². The van der Waals surface area contributed by atoms with Crippen molar-refractivity contribution in [3.63, 3.8) is 0 Å². The van der Waals surface area contributed by atoms with E-state index >= 15 is 0 Å². The van der Waals surface area contributed by atoms with Crippen molar-refractivity contribution < 1.29 is 9.84 Å². The van der Waals surface area contributed by atoms with Crippen molar-refractivity contribution in [1.82, 2.24) is 0 Å². The maximum atomic E-state index is 10.3. The number of hydrogen-bond acceptors (Lipinski definition) is 2. The van der Waals surface area contributed by atoms with Gasteiger partial charge in [0, 0.05) is 17.4 Å². The van der Waals surface area contributed by atoms with Gasteiger partial charge in [0.1, 0.15) is 17.1 Å². The normalized spacial score (nSPS) is 27.9. The zero-order valence-electron chi connectivity index (χ0n) is 12.2. The summed E-state index contributed by atoms with van der Waals surface area (Å²) in [7, 11) is 0. The van der Waals surface area contributed by atoms with Crippen molar-refractivity contribution in [2.75, 3.05) is 0 Å². The largest absolute Gasteiger partial charge is 0.507 e. The van der Waals surface area contributed by atoms with Crippen molar-refractivity contribution in [3.8, 4) is 11.5 Å². The predicted octanol–water partition coefficient (Wildman–Crippen LogP) is 4.31. The lowest BCUT2D eigenvalue weighted by atomic mass is 9.68. The van der Waals surface area contributed by atoms with E-state index in [-0.39, 0.29) is 11.5 Å². The molecular weight excluding hydrogens is 236 g/mol. The van der Waals surface area contributed by atoms with Crippen LogP contribution in [0.2, 0.25) is 0 Å². The highest BCUT2D eigenvalue weighted by molar-refractivity contribution is 5.53. The number of benzene rings is 1. The van der Waals surface area contributed by atoms with Gasteiger partial charge in [-0.2, -0.15) is 0 Å². The molecule has 0 amide bonds. The molecule has 1 aliphatic heterocycles. The van der Waals surface area contributed by atoms with Gasteiger partial charge < -0.3 is 9.84 Å². The maximum absolute atomic E-state index is 10.3. The molecule has 0 radical (unpaired) electrons. The molecular formula is C17H22O2. The first-order valence-electron chi connectivity index (χ1n) is 7.08. The van der Waals surface area contributed by atoms with Gasteiger partial charge >= 0.3 is 0 Å². The van der Waals surface area contributed by atoms with Crippen LogP contribution in [0.25, 0.3) is 0 Å². The summed E-state index contributed by atoms with van der Waals surface area (Å²) < 4.78 is 6.20. The molecule has 2 heteroatoms. The Balaban J connectivity index is 2.21. The molecule has 0 bridgehead atoms. The fourth-order valence-electron chi connectivity index (χ4n) is 3.66. The van der Waals surface area contributed by atoms with Gasteiger partial charge in [0.2, 0.25) is 0 Å². The summed E-state index contributed by atoms with van der Waals surface area (Å²) in [5.41, 5.74) is 3.27. The first kappa shape index (κ1) is 12.6. The topological polar surface area (TPSA) is 29.5 Å². The van der Waals surface area contributed by atoms with Gasteiger partial charge in [-0.05, 0) is 58.2 Å². The number of allylic oxidation sites excluding steroid dienone is 2. The third-order valence-electron chi connectivity index (χ3n) is 4.61. The number of hydrogen-bond donors (Lipinski definition) is 1. The van der Waals surface area contributed by atoms with E-state index in [4.69, 9.17) is 4.74 Å². The Morgan fingerprint density at radius 3 is 2.74 bits per heavy atom. The number of aromatic hydroxyl groups is 1. The molecule has 0 unspecified atom stereocenters. The standard InChI is InChI=1S/C17H22O2/c1-10-5-6-13-12(7-10)16-14(18)8-11(2)9-15(16)19-17(13,3)4/h7-9,12-13,18H,5-6H2,1-4H3/t12-,13-/m0/s1. The minimum atomic E-state index is -0.172. The lowest BCUT2D eigenvalue weighted by Crippen LogP contribution is -2.45. The molecule has 0 saturated carbocycles. The molecule has 2 nitrogen and oxygen atoms in total. The van der Waals surface area contributed by atoms with Gasteiger partial charge in [0.25, 0.3) is 0 Å². The van der Waals surface area contributed by atoms with Crippen LogP contribution >= 0.6 is 0 Å². The van der Waals surface area contributed by atoms with E-state index in [9.17, 15) is 5.11 Å². The number of phenols is 1. The summed E-state index contributed by atoms with van der Waals surface area (Å²) >= 11 is 0. The van der Waals surface area contributed by atoms with Crippen LogP contribution in [0.1, 0.15) is 50.7 Å². The van der Waals surface area contributed by atoms with Crippen LogP contribution in [0.3, 0.4) is 0 Å². The number of phenolic OH excluding ortho intramolecular Hbond substituents is 1. The Morgan fingerprint density at radius 1 is 1.26 bits per heavy atom. The van der Waals surface area contributed by atoms with Crippen LogP contribution < -0.4 is 4.74 Å². The Kier molecular flexibility index (Phi) is 2.67. The molecule has 0 saturated heterocycles. The molecule has 2 aliphatic rings. The van der Waals surface area contributed by atoms with Gasteiger partial charge in [0.15, 0.2) is 0 Å². The minimum Gasteiger partial charge on any atom is -0.507 e. The third kappa shape index (κ3) is 1.94.